The Hall–Kier alpha value is -1.29. The van der Waals surface area contributed by atoms with Crippen molar-refractivity contribution in [1.29, 1.82) is 0 Å². The molecule has 18 heavy (non-hydrogen) atoms. The molecule has 0 radical (unpaired) electrons. The Morgan fingerprint density at radius 3 is 2.78 bits per heavy atom. The van der Waals surface area contributed by atoms with Gasteiger partial charge in [-0.25, -0.2) is 4.98 Å². The Morgan fingerprint density at radius 2 is 2.11 bits per heavy atom. The molecule has 0 spiro atoms. The summed E-state index contributed by atoms with van der Waals surface area (Å²) in [5.74, 6) is 1.65. The van der Waals surface area contributed by atoms with Crippen molar-refractivity contribution in [2.24, 2.45) is 0 Å². The van der Waals surface area contributed by atoms with Gasteiger partial charge in [0.1, 0.15) is 0 Å². The molecule has 0 unspecified atom stereocenters. The summed E-state index contributed by atoms with van der Waals surface area (Å²) in [5, 5.41) is 9.15. The van der Waals surface area contributed by atoms with Crippen LogP contribution in [0.1, 0.15) is 33.1 Å². The molecule has 0 aromatic carbocycles. The minimum atomic E-state index is 0.132. The lowest BCUT2D eigenvalue weighted by atomic mass is 10.3. The van der Waals surface area contributed by atoms with E-state index in [1.165, 1.54) is 0 Å². The average molecular weight is 252 g/mol. The third-order valence-electron chi connectivity index (χ3n) is 2.66. The highest BCUT2D eigenvalue weighted by Crippen LogP contribution is 2.25. The van der Waals surface area contributed by atoms with Gasteiger partial charge in [-0.15, -0.1) is 0 Å². The smallest absolute Gasteiger partial charge is 0.171 e. The molecular weight excluding hydrogens is 228 g/mol. The predicted octanol–water partition coefficient (Wildman–Crippen LogP) is 2.47. The van der Waals surface area contributed by atoms with Gasteiger partial charge in [0.15, 0.2) is 11.6 Å². The summed E-state index contributed by atoms with van der Waals surface area (Å²) in [5.41, 5.74) is 0. The van der Waals surface area contributed by atoms with Gasteiger partial charge in [-0.05, 0) is 25.0 Å². The van der Waals surface area contributed by atoms with Crippen LogP contribution in [0, 0.1) is 0 Å². The quantitative estimate of drug-likeness (QED) is 0.733. The Morgan fingerprint density at radius 1 is 1.28 bits per heavy atom. The first-order valence-electron chi connectivity index (χ1n) is 6.77. The first kappa shape index (κ1) is 14.8. The maximum absolute atomic E-state index is 9.15. The standard InChI is InChI=1S/C14H24N2O2/c1-3-5-9-16(10-11-17)14-13(18-12-4-2)7-6-8-15-14/h6-8,17H,3-5,9-12H2,1-2H3. The fraction of sp³-hybridized carbons (Fsp3) is 0.643. The topological polar surface area (TPSA) is 45.6 Å². The lowest BCUT2D eigenvalue weighted by molar-refractivity contribution is 0.297. The van der Waals surface area contributed by atoms with Crippen molar-refractivity contribution in [1.82, 2.24) is 4.98 Å². The molecule has 4 heteroatoms. The Kier molecular flexibility index (Phi) is 7.18. The van der Waals surface area contributed by atoms with Gasteiger partial charge in [-0.3, -0.25) is 0 Å². The van der Waals surface area contributed by atoms with Crippen molar-refractivity contribution >= 4 is 5.82 Å². The van der Waals surface area contributed by atoms with Crippen LogP contribution in [0.5, 0.6) is 5.75 Å². The number of hydrogen-bond donors (Lipinski definition) is 1. The Labute approximate surface area is 110 Å². The van der Waals surface area contributed by atoms with Gasteiger partial charge in [-0.1, -0.05) is 20.3 Å². The summed E-state index contributed by atoms with van der Waals surface area (Å²) in [4.78, 5) is 6.49. The zero-order valence-electron chi connectivity index (χ0n) is 11.4. The van der Waals surface area contributed by atoms with Crippen LogP contribution in [0.2, 0.25) is 0 Å². The number of pyridine rings is 1. The molecule has 0 fully saturated rings. The summed E-state index contributed by atoms with van der Waals surface area (Å²) in [6.45, 7) is 6.56. The molecule has 0 saturated heterocycles. The van der Waals surface area contributed by atoms with Gasteiger partial charge in [0.2, 0.25) is 0 Å². The minimum Gasteiger partial charge on any atom is -0.490 e. The molecule has 0 amide bonds. The molecule has 0 saturated carbocycles. The third kappa shape index (κ3) is 4.53. The van der Waals surface area contributed by atoms with Gasteiger partial charge < -0.3 is 14.7 Å². The monoisotopic (exact) mass is 252 g/mol. The van der Waals surface area contributed by atoms with Crippen LogP contribution in [0.25, 0.3) is 0 Å². The molecule has 102 valence electrons. The van der Waals surface area contributed by atoms with Crippen LogP contribution in [-0.4, -0.2) is 36.4 Å². The third-order valence-corrected chi connectivity index (χ3v) is 2.66. The zero-order chi connectivity index (χ0) is 13.2. The number of ether oxygens (including phenoxy) is 1. The number of aliphatic hydroxyl groups excluding tert-OH is 1. The highest BCUT2D eigenvalue weighted by molar-refractivity contribution is 5.52. The lowest BCUT2D eigenvalue weighted by Crippen LogP contribution is -2.29. The van der Waals surface area contributed by atoms with E-state index in [9.17, 15) is 0 Å². The van der Waals surface area contributed by atoms with Crippen LogP contribution in [-0.2, 0) is 0 Å². The number of rotatable bonds is 9. The normalized spacial score (nSPS) is 10.4. The number of aromatic nitrogens is 1. The molecule has 0 atom stereocenters. The number of hydrogen-bond acceptors (Lipinski definition) is 4. The summed E-state index contributed by atoms with van der Waals surface area (Å²) in [6, 6.07) is 3.82. The molecule has 0 aliphatic heterocycles. The summed E-state index contributed by atoms with van der Waals surface area (Å²) < 4.78 is 5.71. The molecule has 0 bridgehead atoms. The van der Waals surface area contributed by atoms with Crippen molar-refractivity contribution in [2.75, 3.05) is 31.2 Å². The average Bonchev–Trinajstić information content (AvgIpc) is 2.41. The number of aliphatic hydroxyl groups is 1. The van der Waals surface area contributed by atoms with E-state index in [2.05, 4.69) is 23.7 Å². The van der Waals surface area contributed by atoms with E-state index in [0.29, 0.717) is 13.2 Å². The van der Waals surface area contributed by atoms with Crippen molar-refractivity contribution in [3.63, 3.8) is 0 Å². The highest BCUT2D eigenvalue weighted by atomic mass is 16.5. The first-order chi connectivity index (χ1) is 8.83. The fourth-order valence-electron chi connectivity index (χ4n) is 1.74. The number of anilines is 1. The summed E-state index contributed by atoms with van der Waals surface area (Å²) in [6.07, 6.45) is 4.96. The largest absolute Gasteiger partial charge is 0.490 e. The maximum atomic E-state index is 9.15. The van der Waals surface area contributed by atoms with Crippen molar-refractivity contribution in [2.45, 2.75) is 33.1 Å². The molecular formula is C14H24N2O2. The van der Waals surface area contributed by atoms with E-state index in [-0.39, 0.29) is 6.61 Å². The van der Waals surface area contributed by atoms with Crippen molar-refractivity contribution in [3.05, 3.63) is 18.3 Å². The SMILES string of the molecule is CCCCN(CCO)c1ncccc1OCCC. The molecule has 0 aliphatic carbocycles. The molecule has 0 aliphatic rings. The summed E-state index contributed by atoms with van der Waals surface area (Å²) >= 11 is 0. The Balaban J connectivity index is 2.80. The molecule has 1 rings (SSSR count). The minimum absolute atomic E-state index is 0.132. The molecule has 1 aromatic rings. The van der Waals surface area contributed by atoms with E-state index in [1.807, 2.05) is 12.1 Å². The van der Waals surface area contributed by atoms with E-state index < -0.39 is 0 Å². The molecule has 4 nitrogen and oxygen atoms in total. The van der Waals surface area contributed by atoms with Gasteiger partial charge in [-0.2, -0.15) is 0 Å². The lowest BCUT2D eigenvalue weighted by Gasteiger charge is -2.24. The second kappa shape index (κ2) is 8.75. The van der Waals surface area contributed by atoms with Crippen LogP contribution >= 0.6 is 0 Å². The fourth-order valence-corrected chi connectivity index (χ4v) is 1.74. The van der Waals surface area contributed by atoms with Gasteiger partial charge in [0.05, 0.1) is 13.2 Å². The van der Waals surface area contributed by atoms with Crippen molar-refractivity contribution in [3.8, 4) is 5.75 Å². The van der Waals surface area contributed by atoms with Gasteiger partial charge >= 0.3 is 0 Å². The Bertz CT molecular complexity index is 331. The van der Waals surface area contributed by atoms with Crippen LogP contribution in [0.4, 0.5) is 5.82 Å². The highest BCUT2D eigenvalue weighted by Gasteiger charge is 2.12. The van der Waals surface area contributed by atoms with E-state index >= 15 is 0 Å². The van der Waals surface area contributed by atoms with Gasteiger partial charge in [0.25, 0.3) is 0 Å². The predicted molar refractivity (Wildman–Crippen MR) is 74.2 cm³/mol. The second-order valence-electron chi connectivity index (χ2n) is 4.24. The van der Waals surface area contributed by atoms with Gasteiger partial charge in [0, 0.05) is 19.3 Å². The number of unbranched alkanes of at least 4 members (excludes halogenated alkanes) is 1. The molecule has 1 heterocycles. The van der Waals surface area contributed by atoms with Crippen LogP contribution in [0.3, 0.4) is 0 Å². The maximum Gasteiger partial charge on any atom is 0.171 e. The van der Waals surface area contributed by atoms with E-state index in [0.717, 1.165) is 37.4 Å². The second-order valence-corrected chi connectivity index (χ2v) is 4.24. The summed E-state index contributed by atoms with van der Waals surface area (Å²) in [7, 11) is 0. The van der Waals surface area contributed by atoms with Crippen molar-refractivity contribution < 1.29 is 9.84 Å². The zero-order valence-corrected chi connectivity index (χ0v) is 11.4. The number of nitrogens with zero attached hydrogens (tertiary/aromatic N) is 2. The van der Waals surface area contributed by atoms with E-state index in [4.69, 9.17) is 9.84 Å². The van der Waals surface area contributed by atoms with E-state index in [1.54, 1.807) is 6.20 Å². The van der Waals surface area contributed by atoms with Crippen LogP contribution < -0.4 is 9.64 Å². The van der Waals surface area contributed by atoms with Crippen LogP contribution in [0.15, 0.2) is 18.3 Å². The molecule has 1 N–H and O–H groups in total. The first-order valence-corrected chi connectivity index (χ1v) is 6.77. The molecule has 1 aromatic heterocycles.